The minimum atomic E-state index is -0.0485. The molecule has 4 amide bonds. The third-order valence-corrected chi connectivity index (χ3v) is 5.72. The maximum Gasteiger partial charge on any atom is 0.321 e. The topological polar surface area (TPSA) is 64.7 Å². The highest BCUT2D eigenvalue weighted by Crippen LogP contribution is 2.17. The molecular weight excluding hydrogens is 412 g/mol. The van der Waals surface area contributed by atoms with Gasteiger partial charge < -0.3 is 20.4 Å². The quantitative estimate of drug-likeness (QED) is 0.382. The molecule has 180 valence electrons. The Kier molecular flexibility index (Phi) is 11.3. The molecule has 0 saturated carbocycles. The monoisotopic (exact) mass is 452 g/mol. The largest absolute Gasteiger partial charge is 0.325 e. The van der Waals surface area contributed by atoms with E-state index in [1.54, 1.807) is 0 Å². The average molecular weight is 453 g/mol. The summed E-state index contributed by atoms with van der Waals surface area (Å²) in [4.78, 5) is 28.5. The van der Waals surface area contributed by atoms with E-state index in [0.29, 0.717) is 13.1 Å². The molecule has 33 heavy (non-hydrogen) atoms. The van der Waals surface area contributed by atoms with E-state index in [0.717, 1.165) is 56.6 Å². The molecule has 0 unspecified atom stereocenters. The number of rotatable bonds is 12. The zero-order valence-electron chi connectivity index (χ0n) is 20.7. The second-order valence-electron chi connectivity index (χ2n) is 8.30. The number of urea groups is 2. The Morgan fingerprint density at radius 3 is 1.30 bits per heavy atom. The van der Waals surface area contributed by atoms with Gasteiger partial charge in [-0.05, 0) is 68.5 Å². The van der Waals surface area contributed by atoms with Crippen molar-refractivity contribution in [3.05, 3.63) is 59.7 Å². The van der Waals surface area contributed by atoms with Gasteiger partial charge in [-0.3, -0.25) is 0 Å². The van der Waals surface area contributed by atoms with Crippen molar-refractivity contribution in [2.24, 2.45) is 0 Å². The molecule has 2 N–H and O–H groups in total. The van der Waals surface area contributed by atoms with E-state index in [1.807, 2.05) is 72.2 Å². The minimum Gasteiger partial charge on any atom is -0.325 e. The van der Waals surface area contributed by atoms with E-state index in [1.165, 1.54) is 11.1 Å². The van der Waals surface area contributed by atoms with Crippen LogP contribution in [0.1, 0.15) is 64.5 Å². The molecular formula is C27H40N4O2. The summed E-state index contributed by atoms with van der Waals surface area (Å²) in [5, 5.41) is 5.98. The first-order valence-electron chi connectivity index (χ1n) is 12.3. The Morgan fingerprint density at radius 2 is 1.00 bits per heavy atom. The zero-order valence-corrected chi connectivity index (χ0v) is 20.7. The first kappa shape index (κ1) is 26.2. The third kappa shape index (κ3) is 8.79. The Hall–Kier alpha value is -3.02. The number of amides is 4. The van der Waals surface area contributed by atoms with Crippen molar-refractivity contribution in [1.29, 1.82) is 0 Å². The van der Waals surface area contributed by atoms with Gasteiger partial charge in [0.1, 0.15) is 0 Å². The molecule has 6 heteroatoms. The summed E-state index contributed by atoms with van der Waals surface area (Å²) >= 11 is 0. The molecule has 2 aromatic rings. The van der Waals surface area contributed by atoms with Crippen LogP contribution in [0.15, 0.2) is 48.5 Å². The van der Waals surface area contributed by atoms with E-state index >= 15 is 0 Å². The molecule has 6 nitrogen and oxygen atoms in total. The van der Waals surface area contributed by atoms with Crippen LogP contribution in [0.3, 0.4) is 0 Å². The highest BCUT2D eigenvalue weighted by molar-refractivity contribution is 5.89. The number of hydrogen-bond donors (Lipinski definition) is 2. The second-order valence-corrected chi connectivity index (χ2v) is 8.30. The van der Waals surface area contributed by atoms with E-state index in [4.69, 9.17) is 0 Å². The standard InChI is InChI=1S/C27H40N4O2/c1-5-9-19-30(7-3)26(32)28-24-15-11-22(12-16-24)21-23-13-17-25(18-14-23)29-27(33)31(8-4)20-10-6-2/h11-18H,5-10,19-21H2,1-4H3,(H,28,32)(H,29,33). The molecule has 0 bridgehead atoms. The molecule has 0 aliphatic heterocycles. The van der Waals surface area contributed by atoms with Crippen molar-refractivity contribution >= 4 is 23.4 Å². The molecule has 0 atom stereocenters. The smallest absolute Gasteiger partial charge is 0.321 e. The molecule has 2 aromatic carbocycles. The van der Waals surface area contributed by atoms with Gasteiger partial charge in [0.2, 0.25) is 0 Å². The predicted molar refractivity (Wildman–Crippen MR) is 138 cm³/mol. The van der Waals surface area contributed by atoms with E-state index in [-0.39, 0.29) is 12.1 Å². The van der Waals surface area contributed by atoms with E-state index in [9.17, 15) is 9.59 Å². The molecule has 0 aliphatic carbocycles. The molecule has 0 radical (unpaired) electrons. The molecule has 0 saturated heterocycles. The van der Waals surface area contributed by atoms with Crippen molar-refractivity contribution in [1.82, 2.24) is 9.80 Å². The predicted octanol–water partition coefficient (Wildman–Crippen LogP) is 6.59. The summed E-state index contributed by atoms with van der Waals surface area (Å²) in [5.74, 6) is 0. The van der Waals surface area contributed by atoms with E-state index < -0.39 is 0 Å². The van der Waals surface area contributed by atoms with Crippen LogP contribution in [0.4, 0.5) is 21.0 Å². The minimum absolute atomic E-state index is 0.0485. The van der Waals surface area contributed by atoms with Crippen LogP contribution in [0.5, 0.6) is 0 Å². The first-order valence-corrected chi connectivity index (χ1v) is 12.3. The average Bonchev–Trinajstić information content (AvgIpc) is 2.82. The van der Waals surface area contributed by atoms with E-state index in [2.05, 4.69) is 24.5 Å². The van der Waals surface area contributed by atoms with Gasteiger partial charge in [-0.25, -0.2) is 9.59 Å². The summed E-state index contributed by atoms with van der Waals surface area (Å²) < 4.78 is 0. The Balaban J connectivity index is 1.89. The van der Waals surface area contributed by atoms with Crippen molar-refractivity contribution < 1.29 is 9.59 Å². The summed E-state index contributed by atoms with van der Waals surface area (Å²) in [6.07, 6.45) is 4.96. The van der Waals surface area contributed by atoms with Crippen LogP contribution in [0.2, 0.25) is 0 Å². The summed E-state index contributed by atoms with van der Waals surface area (Å²) in [6.45, 7) is 11.2. The lowest BCUT2D eigenvalue weighted by Crippen LogP contribution is -2.35. The molecule has 0 fully saturated rings. The number of carbonyl (C=O) groups excluding carboxylic acids is 2. The van der Waals surface area contributed by atoms with Gasteiger partial charge in [0.25, 0.3) is 0 Å². The Labute approximate surface area is 199 Å². The normalized spacial score (nSPS) is 10.5. The summed E-state index contributed by atoms with van der Waals surface area (Å²) in [7, 11) is 0. The SMILES string of the molecule is CCCCN(CC)C(=O)Nc1ccc(Cc2ccc(NC(=O)N(CC)CCCC)cc2)cc1. The maximum absolute atomic E-state index is 12.4. The lowest BCUT2D eigenvalue weighted by Gasteiger charge is -2.21. The molecule has 0 aromatic heterocycles. The van der Waals surface area contributed by atoms with Gasteiger partial charge in [0, 0.05) is 37.6 Å². The first-order chi connectivity index (χ1) is 16.0. The zero-order chi connectivity index (χ0) is 24.1. The van der Waals surface area contributed by atoms with Crippen LogP contribution >= 0.6 is 0 Å². The molecule has 0 aliphatic rings. The van der Waals surface area contributed by atoms with Crippen LogP contribution in [-0.4, -0.2) is 48.0 Å². The lowest BCUT2D eigenvalue weighted by molar-refractivity contribution is 0.213. The second kappa shape index (κ2) is 14.2. The number of nitrogens with zero attached hydrogens (tertiary/aromatic N) is 2. The van der Waals surface area contributed by atoms with Gasteiger partial charge in [-0.2, -0.15) is 0 Å². The van der Waals surface area contributed by atoms with Gasteiger partial charge in [-0.1, -0.05) is 51.0 Å². The van der Waals surface area contributed by atoms with Gasteiger partial charge in [0.05, 0.1) is 0 Å². The Morgan fingerprint density at radius 1 is 0.636 bits per heavy atom. The van der Waals surface area contributed by atoms with Crippen molar-refractivity contribution in [2.75, 3.05) is 36.8 Å². The molecule has 0 heterocycles. The van der Waals surface area contributed by atoms with Crippen LogP contribution in [0, 0.1) is 0 Å². The number of nitrogens with one attached hydrogen (secondary N) is 2. The Bertz CT molecular complexity index is 778. The van der Waals surface area contributed by atoms with Crippen LogP contribution < -0.4 is 10.6 Å². The van der Waals surface area contributed by atoms with Gasteiger partial charge >= 0.3 is 12.1 Å². The number of anilines is 2. The summed E-state index contributed by atoms with van der Waals surface area (Å²) in [6, 6.07) is 15.9. The maximum atomic E-state index is 12.4. The fraction of sp³-hybridized carbons (Fsp3) is 0.481. The number of unbranched alkanes of at least 4 members (excludes halogenated alkanes) is 2. The van der Waals surface area contributed by atoms with Gasteiger partial charge in [0.15, 0.2) is 0 Å². The summed E-state index contributed by atoms with van der Waals surface area (Å²) in [5.41, 5.74) is 3.94. The van der Waals surface area contributed by atoms with Crippen molar-refractivity contribution in [2.45, 2.75) is 59.8 Å². The van der Waals surface area contributed by atoms with Crippen molar-refractivity contribution in [3.8, 4) is 0 Å². The van der Waals surface area contributed by atoms with Gasteiger partial charge in [-0.15, -0.1) is 0 Å². The number of carbonyl (C=O) groups is 2. The fourth-order valence-corrected chi connectivity index (χ4v) is 3.56. The number of hydrogen-bond acceptors (Lipinski definition) is 2. The number of benzene rings is 2. The highest BCUT2D eigenvalue weighted by Gasteiger charge is 2.12. The fourth-order valence-electron chi connectivity index (χ4n) is 3.56. The van der Waals surface area contributed by atoms with Crippen molar-refractivity contribution in [3.63, 3.8) is 0 Å². The van der Waals surface area contributed by atoms with Crippen LogP contribution in [0.25, 0.3) is 0 Å². The third-order valence-electron chi connectivity index (χ3n) is 5.72. The highest BCUT2D eigenvalue weighted by atomic mass is 16.2. The molecule has 0 spiro atoms. The van der Waals surface area contributed by atoms with Crippen LogP contribution in [-0.2, 0) is 6.42 Å². The molecule has 2 rings (SSSR count). The lowest BCUT2D eigenvalue weighted by atomic mass is 10.0.